The molecule has 0 heterocycles. The van der Waals surface area contributed by atoms with E-state index in [1.54, 1.807) is 18.2 Å². The Bertz CT molecular complexity index is 679. The zero-order chi connectivity index (χ0) is 16.7. The van der Waals surface area contributed by atoms with E-state index in [1.807, 2.05) is 30.3 Å². The zero-order valence-corrected chi connectivity index (χ0v) is 13.1. The maximum atomic E-state index is 12.0. The van der Waals surface area contributed by atoms with E-state index in [0.717, 1.165) is 5.56 Å². The maximum Gasteiger partial charge on any atom is 0.313 e. The van der Waals surface area contributed by atoms with Crippen LogP contribution >= 0.6 is 0 Å². The quantitative estimate of drug-likeness (QED) is 0.446. The van der Waals surface area contributed by atoms with Crippen LogP contribution < -0.4 is 9.47 Å². The van der Waals surface area contributed by atoms with Gasteiger partial charge in [-0.25, -0.2) is 0 Å². The van der Waals surface area contributed by atoms with Crippen LogP contribution in [-0.2, 0) is 16.1 Å². The fraction of sp³-hybridized carbons (Fsp3) is 0.222. The third-order valence-electron chi connectivity index (χ3n) is 3.26. The van der Waals surface area contributed by atoms with Gasteiger partial charge in [-0.15, -0.1) is 0 Å². The van der Waals surface area contributed by atoms with E-state index < -0.39 is 5.97 Å². The molecule has 0 unspecified atom stereocenters. The molecule has 0 N–H and O–H groups in total. The predicted octanol–water partition coefficient (Wildman–Crippen LogP) is 3.02. The van der Waals surface area contributed by atoms with Crippen molar-refractivity contribution in [2.24, 2.45) is 0 Å². The van der Waals surface area contributed by atoms with Crippen LogP contribution in [0.15, 0.2) is 48.5 Å². The van der Waals surface area contributed by atoms with Crippen molar-refractivity contribution in [1.29, 1.82) is 0 Å². The predicted molar refractivity (Wildman–Crippen MR) is 84.7 cm³/mol. The van der Waals surface area contributed by atoms with Gasteiger partial charge in [0.25, 0.3) is 0 Å². The van der Waals surface area contributed by atoms with Crippen molar-refractivity contribution >= 4 is 11.8 Å². The number of carbonyl (C=O) groups excluding carboxylic acids is 2. The highest BCUT2D eigenvalue weighted by Crippen LogP contribution is 2.29. The average molecular weight is 314 g/mol. The molecule has 120 valence electrons. The van der Waals surface area contributed by atoms with Gasteiger partial charge in [-0.2, -0.15) is 0 Å². The van der Waals surface area contributed by atoms with Gasteiger partial charge in [-0.05, 0) is 23.8 Å². The van der Waals surface area contributed by atoms with Crippen LogP contribution in [0.4, 0.5) is 0 Å². The first-order valence-corrected chi connectivity index (χ1v) is 7.09. The summed E-state index contributed by atoms with van der Waals surface area (Å²) in [6.45, 7) is 0.353. The number of ketones is 1. The summed E-state index contributed by atoms with van der Waals surface area (Å²) in [7, 11) is 2.78. The number of rotatable bonds is 7. The van der Waals surface area contributed by atoms with Crippen molar-refractivity contribution < 1.29 is 23.8 Å². The van der Waals surface area contributed by atoms with E-state index in [2.05, 4.69) is 4.74 Å². The van der Waals surface area contributed by atoms with E-state index in [0.29, 0.717) is 23.7 Å². The Morgan fingerprint density at radius 3 is 2.35 bits per heavy atom. The fourth-order valence-electron chi connectivity index (χ4n) is 2.00. The Balaban J connectivity index is 2.15. The maximum absolute atomic E-state index is 12.0. The van der Waals surface area contributed by atoms with Crippen LogP contribution in [0.2, 0.25) is 0 Å². The molecule has 2 aromatic carbocycles. The van der Waals surface area contributed by atoms with Gasteiger partial charge in [-0.1, -0.05) is 30.3 Å². The summed E-state index contributed by atoms with van der Waals surface area (Å²) in [5.41, 5.74) is 1.38. The molecule has 2 rings (SSSR count). The Kier molecular flexibility index (Phi) is 5.74. The average Bonchev–Trinajstić information content (AvgIpc) is 2.60. The Labute approximate surface area is 134 Å². The van der Waals surface area contributed by atoms with Gasteiger partial charge in [-0.3, -0.25) is 9.59 Å². The molecule has 0 bridgehead atoms. The normalized spacial score (nSPS) is 10.0. The molecule has 23 heavy (non-hydrogen) atoms. The number of Topliss-reactive ketones (excluding diaryl/α,β-unsaturated/α-hetero) is 1. The van der Waals surface area contributed by atoms with Gasteiger partial charge in [0.05, 0.1) is 14.2 Å². The van der Waals surface area contributed by atoms with E-state index in [-0.39, 0.29) is 12.2 Å². The molecule has 0 fully saturated rings. The minimum atomic E-state index is -0.572. The lowest BCUT2D eigenvalue weighted by Gasteiger charge is -2.12. The first kappa shape index (κ1) is 16.5. The molecule has 0 aliphatic rings. The lowest BCUT2D eigenvalue weighted by atomic mass is 10.1. The summed E-state index contributed by atoms with van der Waals surface area (Å²) in [6.07, 6.45) is -0.305. The number of benzene rings is 2. The van der Waals surface area contributed by atoms with Gasteiger partial charge in [0.15, 0.2) is 17.3 Å². The number of hydrogen-bond donors (Lipinski definition) is 0. The molecule has 0 saturated carbocycles. The highest BCUT2D eigenvalue weighted by atomic mass is 16.5. The van der Waals surface area contributed by atoms with Gasteiger partial charge in [0.1, 0.15) is 13.0 Å². The van der Waals surface area contributed by atoms with Crippen molar-refractivity contribution in [1.82, 2.24) is 0 Å². The minimum absolute atomic E-state index is 0.305. The summed E-state index contributed by atoms with van der Waals surface area (Å²) >= 11 is 0. The number of methoxy groups -OCH3 is 2. The molecule has 0 aromatic heterocycles. The molecular weight excluding hydrogens is 296 g/mol. The molecule has 5 nitrogen and oxygen atoms in total. The summed E-state index contributed by atoms with van der Waals surface area (Å²) in [6, 6.07) is 14.5. The molecule has 0 spiro atoms. The van der Waals surface area contributed by atoms with Gasteiger partial charge in [0.2, 0.25) is 0 Å². The van der Waals surface area contributed by atoms with Crippen molar-refractivity contribution in [3.63, 3.8) is 0 Å². The SMILES string of the molecule is COC(=O)CC(=O)c1ccc(OC)c(OCc2ccccc2)c1. The summed E-state index contributed by atoms with van der Waals surface area (Å²) < 4.78 is 15.5. The monoisotopic (exact) mass is 314 g/mol. The molecular formula is C18H18O5. The molecule has 0 aliphatic heterocycles. The lowest BCUT2D eigenvalue weighted by molar-refractivity contribution is -0.139. The standard InChI is InChI=1S/C18H18O5/c1-21-16-9-8-14(15(19)11-18(20)22-2)10-17(16)23-12-13-6-4-3-5-7-13/h3-10H,11-12H2,1-2H3. The first-order valence-electron chi connectivity index (χ1n) is 7.09. The second-order valence-electron chi connectivity index (χ2n) is 4.82. The third-order valence-corrected chi connectivity index (χ3v) is 3.26. The molecule has 5 heteroatoms. The highest BCUT2D eigenvalue weighted by molar-refractivity contribution is 6.06. The van der Waals surface area contributed by atoms with E-state index in [4.69, 9.17) is 9.47 Å². The third kappa shape index (κ3) is 4.57. The molecule has 0 atom stereocenters. The van der Waals surface area contributed by atoms with Crippen LogP contribution in [0.5, 0.6) is 11.5 Å². The highest BCUT2D eigenvalue weighted by Gasteiger charge is 2.15. The van der Waals surface area contributed by atoms with Crippen molar-refractivity contribution in [2.75, 3.05) is 14.2 Å². The smallest absolute Gasteiger partial charge is 0.313 e. The Morgan fingerprint density at radius 2 is 1.70 bits per heavy atom. The number of ether oxygens (including phenoxy) is 3. The van der Waals surface area contributed by atoms with Crippen LogP contribution in [0.25, 0.3) is 0 Å². The molecule has 0 radical (unpaired) electrons. The number of esters is 1. The number of carbonyl (C=O) groups is 2. The van der Waals surface area contributed by atoms with Crippen molar-refractivity contribution in [3.8, 4) is 11.5 Å². The van der Waals surface area contributed by atoms with Gasteiger partial charge in [0, 0.05) is 5.56 Å². The van der Waals surface area contributed by atoms with Crippen molar-refractivity contribution in [2.45, 2.75) is 13.0 Å². The zero-order valence-electron chi connectivity index (χ0n) is 13.1. The largest absolute Gasteiger partial charge is 0.493 e. The van der Waals surface area contributed by atoms with Crippen molar-refractivity contribution in [3.05, 3.63) is 59.7 Å². The topological polar surface area (TPSA) is 61.8 Å². The Morgan fingerprint density at radius 1 is 0.957 bits per heavy atom. The van der Waals surface area contributed by atoms with Crippen LogP contribution in [-0.4, -0.2) is 26.0 Å². The van der Waals surface area contributed by atoms with Gasteiger partial charge < -0.3 is 14.2 Å². The van der Waals surface area contributed by atoms with E-state index in [9.17, 15) is 9.59 Å². The summed E-state index contributed by atoms with van der Waals surface area (Å²) in [4.78, 5) is 23.3. The van der Waals surface area contributed by atoms with Gasteiger partial charge >= 0.3 is 5.97 Å². The lowest BCUT2D eigenvalue weighted by Crippen LogP contribution is -2.10. The van der Waals surface area contributed by atoms with E-state index >= 15 is 0 Å². The molecule has 0 saturated heterocycles. The molecule has 0 amide bonds. The van der Waals surface area contributed by atoms with Crippen LogP contribution in [0.3, 0.4) is 0 Å². The second kappa shape index (κ2) is 7.98. The molecule has 0 aliphatic carbocycles. The molecule has 2 aromatic rings. The number of hydrogen-bond acceptors (Lipinski definition) is 5. The summed E-state index contributed by atoms with van der Waals surface area (Å²) in [5, 5.41) is 0. The first-order chi connectivity index (χ1) is 11.1. The minimum Gasteiger partial charge on any atom is -0.493 e. The summed E-state index contributed by atoms with van der Waals surface area (Å²) in [5.74, 6) is 0.0734. The van der Waals surface area contributed by atoms with Crippen LogP contribution in [0.1, 0.15) is 22.3 Å². The second-order valence-corrected chi connectivity index (χ2v) is 4.82. The van der Waals surface area contributed by atoms with Crippen LogP contribution in [0, 0.1) is 0 Å². The fourth-order valence-corrected chi connectivity index (χ4v) is 2.00. The van der Waals surface area contributed by atoms with E-state index in [1.165, 1.54) is 14.2 Å². The Hall–Kier alpha value is -2.82.